The number of thioether (sulfide) groups is 1. The summed E-state index contributed by atoms with van der Waals surface area (Å²) in [6, 6.07) is 11.1. The molecule has 9 heteroatoms. The summed E-state index contributed by atoms with van der Waals surface area (Å²) in [5, 5.41) is 5.30. The van der Waals surface area contributed by atoms with Crippen molar-refractivity contribution in [3.8, 4) is 11.3 Å². The summed E-state index contributed by atoms with van der Waals surface area (Å²) in [5.74, 6) is 1.36. The lowest BCUT2D eigenvalue weighted by Crippen LogP contribution is -2.22. The zero-order valence-electron chi connectivity index (χ0n) is 16.4. The van der Waals surface area contributed by atoms with Crippen LogP contribution >= 0.6 is 34.7 Å². The molecule has 6 nitrogen and oxygen atoms in total. The normalized spacial score (nSPS) is 11.0. The van der Waals surface area contributed by atoms with Crippen molar-refractivity contribution < 1.29 is 9.21 Å². The first-order chi connectivity index (χ1) is 14.5. The van der Waals surface area contributed by atoms with E-state index in [2.05, 4.69) is 15.3 Å². The summed E-state index contributed by atoms with van der Waals surface area (Å²) in [7, 11) is 1.94. The fourth-order valence-electron chi connectivity index (χ4n) is 2.85. The van der Waals surface area contributed by atoms with E-state index in [4.69, 9.17) is 16.0 Å². The van der Waals surface area contributed by atoms with Crippen molar-refractivity contribution in [1.29, 1.82) is 0 Å². The smallest absolute Gasteiger partial charge is 0.287 e. The second kappa shape index (κ2) is 9.07. The summed E-state index contributed by atoms with van der Waals surface area (Å²) in [4.78, 5) is 22.5. The lowest BCUT2D eigenvalue weighted by Gasteiger charge is -2.01. The van der Waals surface area contributed by atoms with Crippen LogP contribution < -0.4 is 5.32 Å². The third kappa shape index (κ3) is 4.77. The Morgan fingerprint density at radius 2 is 2.07 bits per heavy atom. The molecule has 1 aromatic carbocycles. The number of hydrogen-bond donors (Lipinski definition) is 1. The molecule has 0 spiro atoms. The van der Waals surface area contributed by atoms with E-state index in [-0.39, 0.29) is 11.7 Å². The molecule has 0 bridgehead atoms. The summed E-state index contributed by atoms with van der Waals surface area (Å²) in [6.07, 6.45) is 3.64. The molecule has 3 aromatic heterocycles. The fourth-order valence-corrected chi connectivity index (χ4v) is 4.70. The highest BCUT2D eigenvalue weighted by molar-refractivity contribution is 7.98. The quantitative estimate of drug-likeness (QED) is 0.379. The first kappa shape index (κ1) is 20.7. The van der Waals surface area contributed by atoms with Gasteiger partial charge in [-0.1, -0.05) is 35.5 Å². The highest BCUT2D eigenvalue weighted by Gasteiger charge is 2.14. The summed E-state index contributed by atoms with van der Waals surface area (Å²) in [5.41, 5.74) is 1.92. The average Bonchev–Trinajstić information content (AvgIpc) is 3.45. The van der Waals surface area contributed by atoms with E-state index < -0.39 is 0 Å². The van der Waals surface area contributed by atoms with Crippen molar-refractivity contribution in [3.05, 3.63) is 75.2 Å². The number of rotatable bonds is 7. The number of halogens is 1. The summed E-state index contributed by atoms with van der Waals surface area (Å²) in [6.45, 7) is 2.36. The summed E-state index contributed by atoms with van der Waals surface area (Å²) < 4.78 is 7.62. The zero-order chi connectivity index (χ0) is 21.1. The molecule has 0 radical (unpaired) electrons. The van der Waals surface area contributed by atoms with Gasteiger partial charge in [0.25, 0.3) is 5.91 Å². The number of amides is 1. The van der Waals surface area contributed by atoms with Crippen LogP contribution in [-0.2, 0) is 19.3 Å². The minimum absolute atomic E-state index is 0.260. The molecule has 3 heterocycles. The Morgan fingerprint density at radius 1 is 1.27 bits per heavy atom. The van der Waals surface area contributed by atoms with Gasteiger partial charge in [0.15, 0.2) is 10.9 Å². The zero-order valence-corrected chi connectivity index (χ0v) is 18.8. The van der Waals surface area contributed by atoms with E-state index in [0.29, 0.717) is 17.3 Å². The van der Waals surface area contributed by atoms with Gasteiger partial charge in [-0.15, -0.1) is 11.3 Å². The molecule has 0 atom stereocenters. The fraction of sp³-hybridized carbons (Fsp3) is 0.190. The van der Waals surface area contributed by atoms with Gasteiger partial charge in [-0.05, 0) is 31.2 Å². The van der Waals surface area contributed by atoms with Gasteiger partial charge in [0.1, 0.15) is 10.8 Å². The minimum Gasteiger partial charge on any atom is -0.455 e. The highest BCUT2D eigenvalue weighted by atomic mass is 35.5. The molecule has 0 saturated carbocycles. The highest BCUT2D eigenvalue weighted by Crippen LogP contribution is 2.28. The van der Waals surface area contributed by atoms with E-state index >= 15 is 0 Å². The largest absolute Gasteiger partial charge is 0.455 e. The molecular formula is C21H19ClN4O2S2. The Hall–Kier alpha value is -2.55. The number of imidazole rings is 1. The van der Waals surface area contributed by atoms with Crippen molar-refractivity contribution in [2.45, 2.75) is 24.4 Å². The number of aryl methyl sites for hydroxylation is 2. The van der Waals surface area contributed by atoms with Gasteiger partial charge < -0.3 is 14.3 Å². The van der Waals surface area contributed by atoms with Gasteiger partial charge in [-0.3, -0.25) is 4.79 Å². The molecule has 1 N–H and O–H groups in total. The van der Waals surface area contributed by atoms with Gasteiger partial charge in [0, 0.05) is 34.9 Å². The monoisotopic (exact) mass is 458 g/mol. The standard InChI is InChI=1S/C21H19ClN4O2S2/c1-13-19(14-3-5-15(22)6-4-14)25-18(30-13)11-24-20(27)17-8-7-16(28-17)12-29-21-23-9-10-26(21)2/h3-10H,11-12H2,1-2H3,(H,24,27). The van der Waals surface area contributed by atoms with Gasteiger partial charge in [-0.25, -0.2) is 9.97 Å². The van der Waals surface area contributed by atoms with E-state index in [0.717, 1.165) is 32.1 Å². The predicted octanol–water partition coefficient (Wildman–Crippen LogP) is 5.32. The third-order valence-electron chi connectivity index (χ3n) is 4.36. The van der Waals surface area contributed by atoms with Crippen molar-refractivity contribution in [2.24, 2.45) is 7.05 Å². The maximum absolute atomic E-state index is 12.5. The molecule has 0 fully saturated rings. The molecule has 4 aromatic rings. The Labute approximate surface area is 187 Å². The van der Waals surface area contributed by atoms with Crippen LogP contribution in [0.5, 0.6) is 0 Å². The van der Waals surface area contributed by atoms with Crippen LogP contribution in [-0.4, -0.2) is 20.4 Å². The van der Waals surface area contributed by atoms with E-state index in [1.165, 1.54) is 0 Å². The van der Waals surface area contributed by atoms with Gasteiger partial charge in [-0.2, -0.15) is 0 Å². The van der Waals surface area contributed by atoms with Gasteiger partial charge in [0.05, 0.1) is 18.0 Å². The van der Waals surface area contributed by atoms with Crippen LogP contribution in [0.2, 0.25) is 5.02 Å². The van der Waals surface area contributed by atoms with Gasteiger partial charge >= 0.3 is 0 Å². The first-order valence-electron chi connectivity index (χ1n) is 9.19. The Kier molecular flexibility index (Phi) is 6.26. The molecule has 4 rings (SSSR count). The lowest BCUT2D eigenvalue weighted by molar-refractivity contribution is 0.0921. The Balaban J connectivity index is 1.35. The second-order valence-corrected chi connectivity index (χ2v) is 9.24. The molecule has 1 amide bonds. The molecule has 0 saturated heterocycles. The minimum atomic E-state index is -0.260. The SMILES string of the molecule is Cc1sc(CNC(=O)c2ccc(CSc3nccn3C)o2)nc1-c1ccc(Cl)cc1. The molecule has 0 aliphatic carbocycles. The lowest BCUT2D eigenvalue weighted by atomic mass is 10.1. The predicted molar refractivity (Wildman–Crippen MR) is 120 cm³/mol. The number of nitrogens with zero attached hydrogens (tertiary/aromatic N) is 3. The third-order valence-corrected chi connectivity index (χ3v) is 6.67. The second-order valence-electron chi connectivity index (χ2n) is 6.58. The van der Waals surface area contributed by atoms with Crippen LogP contribution in [0.4, 0.5) is 0 Å². The number of hydrogen-bond acceptors (Lipinski definition) is 6. The van der Waals surface area contributed by atoms with Crippen LogP contribution in [0.1, 0.15) is 26.2 Å². The van der Waals surface area contributed by atoms with Crippen molar-refractivity contribution in [3.63, 3.8) is 0 Å². The van der Waals surface area contributed by atoms with Crippen LogP contribution in [0.15, 0.2) is 58.4 Å². The molecule has 0 aliphatic rings. The molecular weight excluding hydrogens is 440 g/mol. The van der Waals surface area contributed by atoms with Crippen molar-refractivity contribution >= 4 is 40.6 Å². The topological polar surface area (TPSA) is 73.0 Å². The maximum Gasteiger partial charge on any atom is 0.287 e. The van der Waals surface area contributed by atoms with Crippen LogP contribution in [0.3, 0.4) is 0 Å². The summed E-state index contributed by atoms with van der Waals surface area (Å²) >= 11 is 9.08. The molecule has 30 heavy (non-hydrogen) atoms. The molecule has 154 valence electrons. The number of nitrogens with one attached hydrogen (secondary N) is 1. The van der Waals surface area contributed by atoms with Gasteiger partial charge in [0.2, 0.25) is 0 Å². The van der Waals surface area contributed by atoms with E-state index in [1.54, 1.807) is 35.4 Å². The van der Waals surface area contributed by atoms with E-state index in [1.807, 2.05) is 55.1 Å². The molecule has 0 aliphatic heterocycles. The van der Waals surface area contributed by atoms with Crippen molar-refractivity contribution in [2.75, 3.05) is 0 Å². The number of carbonyl (C=O) groups excluding carboxylic acids is 1. The van der Waals surface area contributed by atoms with Crippen LogP contribution in [0, 0.1) is 6.92 Å². The number of furan rings is 1. The number of aromatic nitrogens is 3. The van der Waals surface area contributed by atoms with Crippen LogP contribution in [0.25, 0.3) is 11.3 Å². The van der Waals surface area contributed by atoms with E-state index in [9.17, 15) is 4.79 Å². The number of thiazole rings is 1. The first-order valence-corrected chi connectivity index (χ1v) is 11.4. The number of carbonyl (C=O) groups is 1. The Bertz CT molecular complexity index is 1160. The average molecular weight is 459 g/mol. The number of benzene rings is 1. The van der Waals surface area contributed by atoms with Crippen molar-refractivity contribution in [1.82, 2.24) is 19.9 Å². The Morgan fingerprint density at radius 3 is 2.80 bits per heavy atom. The molecule has 0 unspecified atom stereocenters. The maximum atomic E-state index is 12.5.